The lowest BCUT2D eigenvalue weighted by Crippen LogP contribution is -2.06. The van der Waals surface area contributed by atoms with E-state index < -0.39 is 11.7 Å². The first-order chi connectivity index (χ1) is 13.0. The van der Waals surface area contributed by atoms with E-state index in [4.69, 9.17) is 69.6 Å². The summed E-state index contributed by atoms with van der Waals surface area (Å²) in [6, 6.07) is 7.29. The van der Waals surface area contributed by atoms with Crippen LogP contribution in [0.1, 0.15) is 5.56 Å². The van der Waals surface area contributed by atoms with Gasteiger partial charge in [0.05, 0.1) is 47.1 Å². The number of rotatable bonds is 2. The zero-order valence-electron chi connectivity index (χ0n) is 13.3. The van der Waals surface area contributed by atoms with E-state index in [0.29, 0.717) is 0 Å². The number of hydrogen-bond donors (Lipinski definition) is 0. The van der Waals surface area contributed by atoms with Gasteiger partial charge in [-0.1, -0.05) is 69.6 Å². The van der Waals surface area contributed by atoms with Crippen molar-refractivity contribution in [3.8, 4) is 22.5 Å². The molecule has 0 unspecified atom stereocenters. The maximum Gasteiger partial charge on any atom is 0.416 e. The first-order valence-electron chi connectivity index (χ1n) is 7.36. The average molecular weight is 506 g/mol. The van der Waals surface area contributed by atoms with Crippen molar-refractivity contribution in [2.75, 3.05) is 0 Å². The third kappa shape index (κ3) is 4.48. The lowest BCUT2D eigenvalue weighted by molar-refractivity contribution is -0.137. The molecule has 0 aliphatic carbocycles. The van der Waals surface area contributed by atoms with E-state index in [1.165, 1.54) is 24.3 Å². The molecule has 1 nitrogen and oxygen atoms in total. The van der Waals surface area contributed by atoms with Crippen LogP contribution in [-0.4, -0.2) is 4.98 Å². The molecule has 1 heterocycles. The Labute approximate surface area is 187 Å². The predicted octanol–water partition coefficient (Wildman–Crippen LogP) is 9.35. The molecule has 146 valence electrons. The van der Waals surface area contributed by atoms with E-state index in [1.54, 1.807) is 0 Å². The molecule has 0 aliphatic heterocycles. The maximum atomic E-state index is 13.5. The van der Waals surface area contributed by atoms with Gasteiger partial charge in [-0.2, -0.15) is 13.2 Å². The predicted molar refractivity (Wildman–Crippen MR) is 110 cm³/mol. The quantitative estimate of drug-likeness (QED) is 0.316. The number of halogens is 9. The van der Waals surface area contributed by atoms with Gasteiger partial charge in [-0.05, 0) is 36.4 Å². The van der Waals surface area contributed by atoms with E-state index in [2.05, 4.69) is 4.98 Å². The van der Waals surface area contributed by atoms with Gasteiger partial charge in [0.15, 0.2) is 0 Å². The lowest BCUT2D eigenvalue weighted by Gasteiger charge is -2.13. The molecule has 2 aromatic carbocycles. The summed E-state index contributed by atoms with van der Waals surface area (Å²) in [6.45, 7) is 0. The molecule has 0 bridgehead atoms. The number of nitrogens with zero attached hydrogens (tertiary/aromatic N) is 1. The van der Waals surface area contributed by atoms with Gasteiger partial charge in [-0.15, -0.1) is 0 Å². The highest BCUT2D eigenvalue weighted by molar-refractivity contribution is 6.49. The minimum Gasteiger partial charge on any atom is -0.248 e. The van der Waals surface area contributed by atoms with Crippen molar-refractivity contribution in [3.63, 3.8) is 0 Å². The third-order valence-electron chi connectivity index (χ3n) is 3.71. The molecule has 10 heteroatoms. The Morgan fingerprint density at radius 3 is 1.18 bits per heavy atom. The Balaban J connectivity index is 2.27. The molecule has 0 amide bonds. The van der Waals surface area contributed by atoms with Gasteiger partial charge in [-0.25, -0.2) is 4.98 Å². The van der Waals surface area contributed by atoms with Gasteiger partial charge in [0.1, 0.15) is 0 Å². The van der Waals surface area contributed by atoms with Crippen LogP contribution < -0.4 is 0 Å². The van der Waals surface area contributed by atoms with Crippen molar-refractivity contribution < 1.29 is 13.2 Å². The number of hydrogen-bond acceptors (Lipinski definition) is 1. The van der Waals surface area contributed by atoms with E-state index in [-0.39, 0.29) is 52.7 Å². The van der Waals surface area contributed by atoms with Crippen LogP contribution in [0.4, 0.5) is 13.2 Å². The average Bonchev–Trinajstić information content (AvgIpc) is 2.62. The summed E-state index contributed by atoms with van der Waals surface area (Å²) < 4.78 is 40.4. The van der Waals surface area contributed by atoms with E-state index >= 15 is 0 Å². The highest BCUT2D eigenvalue weighted by Crippen LogP contribution is 2.40. The molecule has 1 aromatic heterocycles. The minimum atomic E-state index is -4.62. The standard InChI is InChI=1S/C18H6Cl6F3N/c19-10-1-7(2-11(20)16(10)23)14-5-9(18(25,26)27)6-15(28-14)8-3-12(21)17(24)13(22)4-8/h1-6H. The van der Waals surface area contributed by atoms with Gasteiger partial charge < -0.3 is 0 Å². The molecule has 0 saturated heterocycles. The Morgan fingerprint density at radius 1 is 0.571 bits per heavy atom. The molecule has 0 aliphatic rings. The Morgan fingerprint density at radius 2 is 0.893 bits per heavy atom. The summed E-state index contributed by atoms with van der Waals surface area (Å²) in [5.74, 6) is 0. The van der Waals surface area contributed by atoms with Gasteiger partial charge >= 0.3 is 6.18 Å². The molecule has 3 aromatic rings. The smallest absolute Gasteiger partial charge is 0.248 e. The van der Waals surface area contributed by atoms with Crippen LogP contribution in [0.5, 0.6) is 0 Å². The van der Waals surface area contributed by atoms with Crippen molar-refractivity contribution in [1.82, 2.24) is 4.98 Å². The molecule has 0 radical (unpaired) electrons. The molecule has 0 fully saturated rings. The zero-order valence-corrected chi connectivity index (χ0v) is 17.8. The first kappa shape index (κ1) is 21.8. The molecular formula is C18H6Cl6F3N. The van der Waals surface area contributed by atoms with Crippen molar-refractivity contribution in [2.24, 2.45) is 0 Å². The number of pyridine rings is 1. The van der Waals surface area contributed by atoms with Crippen LogP contribution in [0.15, 0.2) is 36.4 Å². The topological polar surface area (TPSA) is 12.9 Å². The molecule has 0 spiro atoms. The fraction of sp³-hybridized carbons (Fsp3) is 0.0556. The van der Waals surface area contributed by atoms with E-state index in [9.17, 15) is 13.2 Å². The third-order valence-corrected chi connectivity index (χ3v) is 6.11. The summed E-state index contributed by atoms with van der Waals surface area (Å²) in [4.78, 5) is 4.29. The van der Waals surface area contributed by atoms with Crippen LogP contribution in [0, 0.1) is 0 Å². The summed E-state index contributed by atoms with van der Waals surface area (Å²) in [5, 5.41) is 0.529. The van der Waals surface area contributed by atoms with Gasteiger partial charge in [0, 0.05) is 11.1 Å². The highest BCUT2D eigenvalue weighted by Gasteiger charge is 2.32. The Bertz CT molecular complexity index is 960. The Kier molecular flexibility index (Phi) is 6.31. The number of benzene rings is 2. The first-order valence-corrected chi connectivity index (χ1v) is 9.63. The normalized spacial score (nSPS) is 11.8. The molecule has 0 saturated carbocycles. The molecule has 0 atom stereocenters. The van der Waals surface area contributed by atoms with Crippen LogP contribution in [0.2, 0.25) is 30.1 Å². The monoisotopic (exact) mass is 503 g/mol. The molecule has 0 N–H and O–H groups in total. The summed E-state index contributed by atoms with van der Waals surface area (Å²) in [6.07, 6.45) is -4.62. The van der Waals surface area contributed by atoms with Crippen LogP contribution >= 0.6 is 69.6 Å². The minimum absolute atomic E-state index is 0.00696. The number of alkyl halides is 3. The van der Waals surface area contributed by atoms with Gasteiger partial charge in [0.25, 0.3) is 0 Å². The fourth-order valence-electron chi connectivity index (χ4n) is 2.40. The van der Waals surface area contributed by atoms with E-state index in [0.717, 1.165) is 12.1 Å². The second-order valence-electron chi connectivity index (χ2n) is 5.63. The van der Waals surface area contributed by atoms with Crippen LogP contribution in [0.3, 0.4) is 0 Å². The van der Waals surface area contributed by atoms with Crippen LogP contribution in [0.25, 0.3) is 22.5 Å². The van der Waals surface area contributed by atoms with Gasteiger partial charge in [0.2, 0.25) is 0 Å². The second-order valence-corrected chi connectivity index (χ2v) is 8.02. The molecule has 28 heavy (non-hydrogen) atoms. The Hall–Kier alpha value is -0.880. The van der Waals surface area contributed by atoms with Crippen molar-refractivity contribution >= 4 is 69.6 Å². The van der Waals surface area contributed by atoms with Crippen LogP contribution in [-0.2, 0) is 6.18 Å². The zero-order chi connectivity index (χ0) is 20.8. The largest absolute Gasteiger partial charge is 0.416 e. The highest BCUT2D eigenvalue weighted by atomic mass is 35.5. The molecular weight excluding hydrogens is 500 g/mol. The van der Waals surface area contributed by atoms with Crippen molar-refractivity contribution in [1.29, 1.82) is 0 Å². The molecule has 3 rings (SSSR count). The summed E-state index contributed by atoms with van der Waals surface area (Å²) in [7, 11) is 0. The van der Waals surface area contributed by atoms with E-state index in [1.807, 2.05) is 0 Å². The summed E-state index contributed by atoms with van der Waals surface area (Å²) >= 11 is 35.8. The lowest BCUT2D eigenvalue weighted by atomic mass is 10.0. The van der Waals surface area contributed by atoms with Gasteiger partial charge in [-0.3, -0.25) is 0 Å². The summed E-state index contributed by atoms with van der Waals surface area (Å²) in [5.41, 5.74) is -0.410. The second kappa shape index (κ2) is 8.10. The fourth-order valence-corrected chi connectivity index (χ4v) is 3.59. The van der Waals surface area contributed by atoms with Crippen molar-refractivity contribution in [3.05, 3.63) is 72.1 Å². The van der Waals surface area contributed by atoms with Crippen molar-refractivity contribution in [2.45, 2.75) is 6.18 Å². The SMILES string of the molecule is FC(F)(F)c1cc(-c2cc(Cl)c(Cl)c(Cl)c2)nc(-c2cc(Cl)c(Cl)c(Cl)c2)c1. The maximum absolute atomic E-state index is 13.5. The number of aromatic nitrogens is 1.